The smallest absolute Gasteiger partial charge is 0.193 e. The van der Waals surface area contributed by atoms with Gasteiger partial charge in [0.2, 0.25) is 0 Å². The Hall–Kier alpha value is -2.12. The SMILES string of the molecule is CCc1nc(CN2CCC(CNC(=NC)N(C)CCOc3ccccc3)CC2)cs1. The lowest BCUT2D eigenvalue weighted by molar-refractivity contribution is 0.176. The lowest BCUT2D eigenvalue weighted by Crippen LogP contribution is -2.44. The summed E-state index contributed by atoms with van der Waals surface area (Å²) in [5.41, 5.74) is 1.23. The molecule has 0 amide bonds. The van der Waals surface area contributed by atoms with Gasteiger partial charge in [0.25, 0.3) is 0 Å². The Balaban J connectivity index is 1.34. The van der Waals surface area contributed by atoms with E-state index in [-0.39, 0.29) is 0 Å². The summed E-state index contributed by atoms with van der Waals surface area (Å²) in [6, 6.07) is 9.94. The molecule has 0 atom stereocenters. The number of para-hydroxylation sites is 1. The fraction of sp³-hybridized carbons (Fsp3) is 0.565. The Morgan fingerprint density at radius 2 is 2.07 bits per heavy atom. The Morgan fingerprint density at radius 1 is 1.30 bits per heavy atom. The highest BCUT2D eigenvalue weighted by molar-refractivity contribution is 7.09. The molecule has 2 aromatic rings. The third-order valence-corrected chi connectivity index (χ3v) is 6.60. The van der Waals surface area contributed by atoms with Crippen molar-refractivity contribution in [2.24, 2.45) is 10.9 Å². The van der Waals surface area contributed by atoms with Crippen LogP contribution in [-0.2, 0) is 13.0 Å². The normalized spacial score (nSPS) is 15.9. The lowest BCUT2D eigenvalue weighted by Gasteiger charge is -2.32. The lowest BCUT2D eigenvalue weighted by atomic mass is 9.97. The van der Waals surface area contributed by atoms with E-state index in [2.05, 4.69) is 39.5 Å². The molecular formula is C23H35N5OS. The number of nitrogens with zero attached hydrogens (tertiary/aromatic N) is 4. The fourth-order valence-corrected chi connectivity index (χ4v) is 4.44. The number of thiazole rings is 1. The first-order valence-electron chi connectivity index (χ1n) is 10.9. The van der Waals surface area contributed by atoms with Gasteiger partial charge in [0.1, 0.15) is 12.4 Å². The number of benzene rings is 1. The van der Waals surface area contributed by atoms with Crippen molar-refractivity contribution >= 4 is 17.3 Å². The zero-order chi connectivity index (χ0) is 21.2. The van der Waals surface area contributed by atoms with Crippen molar-refractivity contribution in [3.8, 4) is 5.75 Å². The molecule has 3 rings (SSSR count). The minimum Gasteiger partial charge on any atom is -0.492 e. The highest BCUT2D eigenvalue weighted by atomic mass is 32.1. The standard InChI is InChI=1S/C23H35N5OS/c1-4-22-26-20(18-30-22)17-28-12-10-19(11-13-28)16-25-23(24-2)27(3)14-15-29-21-8-6-5-7-9-21/h5-9,18-19H,4,10-17H2,1-3H3,(H,24,25). The molecule has 164 valence electrons. The van der Waals surface area contributed by atoms with Gasteiger partial charge < -0.3 is 15.0 Å². The maximum atomic E-state index is 5.80. The number of aryl methyl sites for hydroxylation is 1. The van der Waals surface area contributed by atoms with Gasteiger partial charge >= 0.3 is 0 Å². The van der Waals surface area contributed by atoms with Gasteiger partial charge in [-0.1, -0.05) is 25.1 Å². The maximum Gasteiger partial charge on any atom is 0.193 e. The Labute approximate surface area is 185 Å². The van der Waals surface area contributed by atoms with Crippen LogP contribution in [0.15, 0.2) is 40.7 Å². The minimum atomic E-state index is 0.635. The maximum absolute atomic E-state index is 5.80. The van der Waals surface area contributed by atoms with Crippen molar-refractivity contribution in [1.82, 2.24) is 20.1 Å². The first-order valence-corrected chi connectivity index (χ1v) is 11.8. The van der Waals surface area contributed by atoms with Gasteiger partial charge in [0.15, 0.2) is 5.96 Å². The van der Waals surface area contributed by atoms with Crippen molar-refractivity contribution in [3.05, 3.63) is 46.4 Å². The molecule has 30 heavy (non-hydrogen) atoms. The van der Waals surface area contributed by atoms with Crippen LogP contribution in [0, 0.1) is 5.92 Å². The highest BCUT2D eigenvalue weighted by Gasteiger charge is 2.20. The van der Waals surface area contributed by atoms with E-state index in [9.17, 15) is 0 Å². The summed E-state index contributed by atoms with van der Waals surface area (Å²) < 4.78 is 5.80. The zero-order valence-electron chi connectivity index (χ0n) is 18.5. The molecule has 1 aliphatic heterocycles. The zero-order valence-corrected chi connectivity index (χ0v) is 19.3. The monoisotopic (exact) mass is 429 g/mol. The Bertz CT molecular complexity index is 771. The molecule has 1 aliphatic rings. The first-order chi connectivity index (χ1) is 14.7. The molecule has 7 heteroatoms. The molecule has 1 aromatic carbocycles. The molecule has 0 bridgehead atoms. The Morgan fingerprint density at radius 3 is 2.73 bits per heavy atom. The number of ether oxygens (including phenoxy) is 1. The molecule has 0 aliphatic carbocycles. The topological polar surface area (TPSA) is 53.0 Å². The number of aromatic nitrogens is 1. The van der Waals surface area contributed by atoms with Crippen LogP contribution in [0.25, 0.3) is 0 Å². The molecule has 0 radical (unpaired) electrons. The van der Waals surface area contributed by atoms with E-state index < -0.39 is 0 Å². The second-order valence-corrected chi connectivity index (χ2v) is 8.76. The van der Waals surface area contributed by atoms with E-state index in [0.717, 1.165) is 50.9 Å². The summed E-state index contributed by atoms with van der Waals surface area (Å²) in [6.07, 6.45) is 3.47. The molecule has 1 aromatic heterocycles. The number of rotatable bonds is 9. The molecule has 6 nitrogen and oxygen atoms in total. The van der Waals surface area contributed by atoms with Gasteiger partial charge in [-0.15, -0.1) is 11.3 Å². The minimum absolute atomic E-state index is 0.635. The van der Waals surface area contributed by atoms with E-state index in [1.807, 2.05) is 37.4 Å². The van der Waals surface area contributed by atoms with E-state index in [1.165, 1.54) is 23.5 Å². The molecular weight excluding hydrogens is 394 g/mol. The van der Waals surface area contributed by atoms with Crippen LogP contribution in [0.5, 0.6) is 5.75 Å². The number of piperidine rings is 1. The number of likely N-dealkylation sites (tertiary alicyclic amines) is 1. The van der Waals surface area contributed by atoms with Crippen molar-refractivity contribution in [3.63, 3.8) is 0 Å². The van der Waals surface area contributed by atoms with Crippen LogP contribution in [0.3, 0.4) is 0 Å². The molecule has 1 fully saturated rings. The molecule has 2 heterocycles. The second-order valence-electron chi connectivity index (χ2n) is 7.82. The van der Waals surface area contributed by atoms with Gasteiger partial charge in [-0.3, -0.25) is 9.89 Å². The quantitative estimate of drug-likeness (QED) is 0.488. The van der Waals surface area contributed by atoms with Gasteiger partial charge in [0, 0.05) is 32.6 Å². The second kappa shape index (κ2) is 11.9. The van der Waals surface area contributed by atoms with Gasteiger partial charge in [-0.05, 0) is 50.4 Å². The third-order valence-electron chi connectivity index (χ3n) is 5.56. The summed E-state index contributed by atoms with van der Waals surface area (Å²) in [5, 5.41) is 7.01. The molecule has 0 spiro atoms. The van der Waals surface area contributed by atoms with Gasteiger partial charge in [-0.2, -0.15) is 0 Å². The number of hydrogen-bond donors (Lipinski definition) is 1. The molecule has 1 N–H and O–H groups in total. The van der Waals surface area contributed by atoms with Crippen molar-refractivity contribution in [2.45, 2.75) is 32.7 Å². The van der Waals surface area contributed by atoms with Crippen LogP contribution in [0.2, 0.25) is 0 Å². The van der Waals surface area contributed by atoms with Crippen LogP contribution < -0.4 is 10.1 Å². The van der Waals surface area contributed by atoms with E-state index in [0.29, 0.717) is 12.5 Å². The van der Waals surface area contributed by atoms with Crippen molar-refractivity contribution < 1.29 is 4.74 Å². The number of guanidine groups is 1. The fourth-order valence-electron chi connectivity index (χ4n) is 3.71. The molecule has 0 saturated carbocycles. The van der Waals surface area contributed by atoms with E-state index in [1.54, 1.807) is 11.3 Å². The van der Waals surface area contributed by atoms with Crippen LogP contribution >= 0.6 is 11.3 Å². The van der Waals surface area contributed by atoms with Crippen LogP contribution in [-0.4, -0.2) is 67.6 Å². The Kier molecular flexibility index (Phi) is 8.96. The van der Waals surface area contributed by atoms with Gasteiger partial charge in [-0.25, -0.2) is 4.98 Å². The first kappa shape index (κ1) is 22.6. The summed E-state index contributed by atoms with van der Waals surface area (Å²) in [5.74, 6) is 2.53. The third kappa shape index (κ3) is 6.99. The number of likely N-dealkylation sites (N-methyl/N-ethyl adjacent to an activating group) is 1. The van der Waals surface area contributed by atoms with Crippen LogP contribution in [0.4, 0.5) is 0 Å². The van der Waals surface area contributed by atoms with Crippen molar-refractivity contribution in [2.75, 3.05) is 46.9 Å². The van der Waals surface area contributed by atoms with Crippen LogP contribution in [0.1, 0.15) is 30.5 Å². The number of aliphatic imine (C=N–C) groups is 1. The van der Waals surface area contributed by atoms with E-state index in [4.69, 9.17) is 9.72 Å². The van der Waals surface area contributed by atoms with E-state index >= 15 is 0 Å². The summed E-state index contributed by atoms with van der Waals surface area (Å²) in [4.78, 5) is 13.8. The van der Waals surface area contributed by atoms with Crippen molar-refractivity contribution in [1.29, 1.82) is 0 Å². The largest absolute Gasteiger partial charge is 0.492 e. The predicted octanol–water partition coefficient (Wildman–Crippen LogP) is 3.50. The predicted molar refractivity (Wildman–Crippen MR) is 125 cm³/mol. The number of nitrogens with one attached hydrogen (secondary N) is 1. The van der Waals surface area contributed by atoms with Gasteiger partial charge in [0.05, 0.1) is 17.2 Å². The highest BCUT2D eigenvalue weighted by Crippen LogP contribution is 2.19. The number of hydrogen-bond acceptors (Lipinski definition) is 5. The summed E-state index contributed by atoms with van der Waals surface area (Å²) >= 11 is 1.78. The molecule has 0 unspecified atom stereocenters. The summed E-state index contributed by atoms with van der Waals surface area (Å²) in [6.45, 7) is 7.85. The average molecular weight is 430 g/mol. The summed E-state index contributed by atoms with van der Waals surface area (Å²) in [7, 11) is 3.91. The average Bonchev–Trinajstić information content (AvgIpc) is 3.23. The molecule has 1 saturated heterocycles.